The van der Waals surface area contributed by atoms with Crippen molar-refractivity contribution in [2.75, 3.05) is 26.7 Å². The lowest BCUT2D eigenvalue weighted by Crippen LogP contribution is -2.59. The molecule has 1 saturated heterocycles. The molecule has 1 atom stereocenters. The molecular weight excluding hydrogens is 288 g/mol. The van der Waals surface area contributed by atoms with E-state index in [0.717, 1.165) is 0 Å². The first-order chi connectivity index (χ1) is 9.15. The Balaban J connectivity index is 2.78. The molecule has 1 unspecified atom stereocenters. The van der Waals surface area contributed by atoms with Crippen LogP contribution in [0.2, 0.25) is 0 Å². The van der Waals surface area contributed by atoms with Gasteiger partial charge in [-0.2, -0.15) is 0 Å². The Morgan fingerprint density at radius 1 is 1.20 bits per heavy atom. The van der Waals surface area contributed by atoms with Gasteiger partial charge in [-0.15, -0.1) is 0 Å². The first kappa shape index (κ1) is 16.6. The molecule has 0 radical (unpaired) electrons. The predicted molar refractivity (Wildman–Crippen MR) is 71.6 cm³/mol. The van der Waals surface area contributed by atoms with E-state index in [-0.39, 0.29) is 19.6 Å². The van der Waals surface area contributed by atoms with E-state index < -0.39 is 29.1 Å². The predicted octanol–water partition coefficient (Wildman–Crippen LogP) is 1.44. The minimum atomic E-state index is -0.911. The fraction of sp³-hybridized carbons (Fsp3) is 0.750. The molecule has 0 aromatic rings. The van der Waals surface area contributed by atoms with E-state index in [9.17, 15) is 14.4 Å². The van der Waals surface area contributed by atoms with E-state index in [1.165, 1.54) is 16.9 Å². The highest BCUT2D eigenvalue weighted by molar-refractivity contribution is 6.63. The highest BCUT2D eigenvalue weighted by Crippen LogP contribution is 2.17. The monoisotopic (exact) mass is 306 g/mol. The van der Waals surface area contributed by atoms with Crippen LogP contribution in [-0.2, 0) is 14.3 Å². The van der Waals surface area contributed by atoms with Crippen molar-refractivity contribution in [3.8, 4) is 0 Å². The quantitative estimate of drug-likeness (QED) is 0.416. The number of hydrogen-bond acceptors (Lipinski definition) is 5. The van der Waals surface area contributed by atoms with Gasteiger partial charge in [-0.3, -0.25) is 4.79 Å². The summed E-state index contributed by atoms with van der Waals surface area (Å²) in [5.41, 5.74) is -0.628. The maximum absolute atomic E-state index is 12.0. The Bertz CT molecular complexity index is 407. The topological polar surface area (TPSA) is 76.2 Å². The Kier molecular flexibility index (Phi) is 5.21. The molecule has 0 saturated carbocycles. The summed E-state index contributed by atoms with van der Waals surface area (Å²) in [6, 6.07) is -0.911. The molecule has 0 bridgehead atoms. The number of halogens is 1. The van der Waals surface area contributed by atoms with Gasteiger partial charge >= 0.3 is 17.4 Å². The minimum Gasteiger partial charge on any atom is -0.467 e. The summed E-state index contributed by atoms with van der Waals surface area (Å²) < 4.78 is 9.86. The molecule has 2 amide bonds. The minimum absolute atomic E-state index is 0.0000463. The van der Waals surface area contributed by atoms with E-state index in [4.69, 9.17) is 16.3 Å². The van der Waals surface area contributed by atoms with E-state index in [1.807, 2.05) is 0 Å². The van der Waals surface area contributed by atoms with Crippen LogP contribution >= 0.6 is 11.6 Å². The van der Waals surface area contributed by atoms with Crippen LogP contribution in [0.4, 0.5) is 9.59 Å². The Morgan fingerprint density at radius 3 is 2.25 bits per heavy atom. The van der Waals surface area contributed by atoms with Crippen LogP contribution in [-0.4, -0.2) is 65.6 Å². The van der Waals surface area contributed by atoms with Crippen LogP contribution < -0.4 is 0 Å². The number of rotatable bonds is 1. The van der Waals surface area contributed by atoms with Crippen molar-refractivity contribution in [2.45, 2.75) is 32.4 Å². The molecule has 1 aliphatic heterocycles. The van der Waals surface area contributed by atoms with Crippen molar-refractivity contribution >= 4 is 29.0 Å². The lowest BCUT2D eigenvalue weighted by Gasteiger charge is -2.38. The lowest BCUT2D eigenvalue weighted by molar-refractivity contribution is -0.147. The van der Waals surface area contributed by atoms with E-state index in [0.29, 0.717) is 0 Å². The third-order valence-corrected chi connectivity index (χ3v) is 2.95. The molecule has 0 aliphatic carbocycles. The van der Waals surface area contributed by atoms with Crippen molar-refractivity contribution in [3.63, 3.8) is 0 Å². The average molecular weight is 307 g/mol. The smallest absolute Gasteiger partial charge is 0.410 e. The number of hydrogen-bond donors (Lipinski definition) is 0. The molecule has 7 nitrogen and oxygen atoms in total. The maximum Gasteiger partial charge on any atom is 0.410 e. The van der Waals surface area contributed by atoms with E-state index in [1.54, 1.807) is 20.8 Å². The first-order valence-electron chi connectivity index (χ1n) is 6.17. The van der Waals surface area contributed by atoms with Gasteiger partial charge in [0.15, 0.2) is 0 Å². The van der Waals surface area contributed by atoms with Crippen molar-refractivity contribution in [2.24, 2.45) is 0 Å². The molecule has 0 aromatic heterocycles. The number of amides is 2. The highest BCUT2D eigenvalue weighted by Gasteiger charge is 2.38. The number of nitrogens with zero attached hydrogens (tertiary/aromatic N) is 2. The van der Waals surface area contributed by atoms with E-state index in [2.05, 4.69) is 4.74 Å². The first-order valence-corrected chi connectivity index (χ1v) is 6.55. The Hall–Kier alpha value is -1.50. The fourth-order valence-corrected chi connectivity index (χ4v) is 2.03. The SMILES string of the molecule is COC(=O)C1CN(C(=O)OC(C)(C)C)CCN1C(=O)Cl. The fourth-order valence-electron chi connectivity index (χ4n) is 1.82. The van der Waals surface area contributed by atoms with Gasteiger partial charge < -0.3 is 19.3 Å². The third kappa shape index (κ3) is 4.26. The molecule has 0 aromatic carbocycles. The van der Waals surface area contributed by atoms with Crippen molar-refractivity contribution in [1.82, 2.24) is 9.80 Å². The maximum atomic E-state index is 12.0. The summed E-state index contributed by atoms with van der Waals surface area (Å²) in [5.74, 6) is -0.618. The van der Waals surface area contributed by atoms with Crippen LogP contribution in [0, 0.1) is 0 Å². The third-order valence-electron chi connectivity index (χ3n) is 2.73. The molecule has 1 fully saturated rings. The highest BCUT2D eigenvalue weighted by atomic mass is 35.5. The zero-order valence-electron chi connectivity index (χ0n) is 12.0. The number of methoxy groups -OCH3 is 1. The largest absolute Gasteiger partial charge is 0.467 e. The molecule has 0 N–H and O–H groups in total. The van der Waals surface area contributed by atoms with Crippen LogP contribution in [0.5, 0.6) is 0 Å². The van der Waals surface area contributed by atoms with E-state index >= 15 is 0 Å². The van der Waals surface area contributed by atoms with Gasteiger partial charge in [-0.05, 0) is 32.4 Å². The summed E-state index contributed by atoms with van der Waals surface area (Å²) in [5, 5.41) is -0.746. The number of ether oxygens (including phenoxy) is 2. The van der Waals surface area contributed by atoms with Gasteiger partial charge in [0.05, 0.1) is 13.7 Å². The molecule has 0 spiro atoms. The summed E-state index contributed by atoms with van der Waals surface area (Å²) in [7, 11) is 1.21. The van der Waals surface area contributed by atoms with Crippen molar-refractivity contribution in [1.29, 1.82) is 0 Å². The average Bonchev–Trinajstić information content (AvgIpc) is 2.34. The van der Waals surface area contributed by atoms with Crippen molar-refractivity contribution < 1.29 is 23.9 Å². The van der Waals surface area contributed by atoms with Crippen molar-refractivity contribution in [3.05, 3.63) is 0 Å². The van der Waals surface area contributed by atoms with Crippen LogP contribution in [0.15, 0.2) is 0 Å². The van der Waals surface area contributed by atoms with Gasteiger partial charge in [-0.1, -0.05) is 0 Å². The standard InChI is InChI=1S/C12H19ClN2O5/c1-12(2,3)20-11(18)14-5-6-15(10(13)17)8(7-14)9(16)19-4/h8H,5-7H2,1-4H3. The lowest BCUT2D eigenvalue weighted by atomic mass is 10.2. The second kappa shape index (κ2) is 6.30. The molecule has 1 aliphatic rings. The summed E-state index contributed by atoms with van der Waals surface area (Å²) in [6.45, 7) is 5.66. The second-order valence-electron chi connectivity index (χ2n) is 5.41. The van der Waals surface area contributed by atoms with Gasteiger partial charge in [0, 0.05) is 13.1 Å². The summed E-state index contributed by atoms with van der Waals surface area (Å²) >= 11 is 5.43. The van der Waals surface area contributed by atoms with Gasteiger partial charge in [-0.25, -0.2) is 9.59 Å². The summed E-state index contributed by atoms with van der Waals surface area (Å²) in [4.78, 5) is 37.5. The van der Waals surface area contributed by atoms with Crippen LogP contribution in [0.3, 0.4) is 0 Å². The van der Waals surface area contributed by atoms with Gasteiger partial charge in [0.1, 0.15) is 11.6 Å². The second-order valence-corrected chi connectivity index (χ2v) is 5.73. The van der Waals surface area contributed by atoms with Gasteiger partial charge in [0.25, 0.3) is 0 Å². The molecule has 114 valence electrons. The Labute approximate surface area is 122 Å². The Morgan fingerprint density at radius 2 is 1.80 bits per heavy atom. The zero-order chi connectivity index (χ0) is 15.5. The van der Waals surface area contributed by atoms with Crippen LogP contribution in [0.25, 0.3) is 0 Å². The summed E-state index contributed by atoms with van der Waals surface area (Å²) in [6.07, 6.45) is -0.534. The molecular formula is C12H19ClN2O5. The molecule has 8 heteroatoms. The molecule has 1 rings (SSSR count). The zero-order valence-corrected chi connectivity index (χ0v) is 12.8. The number of piperazine rings is 1. The number of esters is 1. The van der Waals surface area contributed by atoms with Crippen LogP contribution in [0.1, 0.15) is 20.8 Å². The molecule has 20 heavy (non-hydrogen) atoms. The normalized spacial score (nSPS) is 19.6. The number of carbonyl (C=O) groups excluding carboxylic acids is 3. The number of carbonyl (C=O) groups is 3. The molecule has 1 heterocycles. The van der Waals surface area contributed by atoms with Gasteiger partial charge in [0.2, 0.25) is 0 Å².